The van der Waals surface area contributed by atoms with Crippen molar-refractivity contribution in [3.05, 3.63) is 81.9 Å². The molecule has 0 spiro atoms. The van der Waals surface area contributed by atoms with Gasteiger partial charge in [-0.1, -0.05) is 12.1 Å². The predicted octanol–water partition coefficient (Wildman–Crippen LogP) is 2.86. The lowest BCUT2D eigenvalue weighted by Crippen LogP contribution is -2.34. The number of rotatable bonds is 2. The number of anilines is 1. The van der Waals surface area contributed by atoms with Crippen LogP contribution in [0.5, 0.6) is 5.75 Å². The van der Waals surface area contributed by atoms with Crippen molar-refractivity contribution in [2.75, 3.05) is 10.7 Å². The maximum atomic E-state index is 13.4. The standard InChI is InChI=1S/C20H16FN3O3S/c21-13-4-6-14(7-5-13)24-17-8-9-28(26,27)19(17)18(16(11-22)20(24)23)12-2-1-3-15(25)10-12/h1-7,10,18,25H,8-9,23H2. The Morgan fingerprint density at radius 2 is 1.93 bits per heavy atom. The molecule has 0 amide bonds. The van der Waals surface area contributed by atoms with Crippen LogP contribution in [0.15, 0.2) is 70.5 Å². The number of benzene rings is 2. The van der Waals surface area contributed by atoms with E-state index in [9.17, 15) is 23.2 Å². The molecule has 28 heavy (non-hydrogen) atoms. The summed E-state index contributed by atoms with van der Waals surface area (Å²) in [5, 5.41) is 19.7. The van der Waals surface area contributed by atoms with Crippen molar-refractivity contribution in [3.8, 4) is 11.8 Å². The van der Waals surface area contributed by atoms with Crippen LogP contribution in [0.4, 0.5) is 10.1 Å². The quantitative estimate of drug-likeness (QED) is 0.807. The van der Waals surface area contributed by atoms with E-state index in [1.54, 1.807) is 12.1 Å². The second kappa shape index (κ2) is 6.39. The Kier molecular flexibility index (Phi) is 4.12. The van der Waals surface area contributed by atoms with Gasteiger partial charge in [0.2, 0.25) is 0 Å². The minimum Gasteiger partial charge on any atom is -0.508 e. The molecule has 4 rings (SSSR count). The van der Waals surface area contributed by atoms with Crippen molar-refractivity contribution in [1.29, 1.82) is 5.26 Å². The number of nitrogens with two attached hydrogens (primary N) is 1. The lowest BCUT2D eigenvalue weighted by atomic mass is 9.87. The van der Waals surface area contributed by atoms with Gasteiger partial charge in [0.25, 0.3) is 0 Å². The highest BCUT2D eigenvalue weighted by Gasteiger charge is 2.45. The molecule has 0 radical (unpaired) electrons. The number of phenolic OH excluding ortho intramolecular Hbond substituents is 1. The SMILES string of the molecule is N#CC1=C(N)N(c2ccc(F)cc2)C2=C(C1c1cccc(O)c1)S(=O)(=O)CC2. The van der Waals surface area contributed by atoms with E-state index in [-0.39, 0.29) is 34.2 Å². The normalized spacial score (nSPS) is 20.9. The van der Waals surface area contributed by atoms with Crippen molar-refractivity contribution < 1.29 is 17.9 Å². The molecular weight excluding hydrogens is 381 g/mol. The first kappa shape index (κ1) is 18.1. The lowest BCUT2D eigenvalue weighted by molar-refractivity contribution is 0.474. The van der Waals surface area contributed by atoms with Gasteiger partial charge in [-0.3, -0.25) is 4.90 Å². The molecular formula is C20H16FN3O3S. The van der Waals surface area contributed by atoms with Crippen molar-refractivity contribution in [1.82, 2.24) is 0 Å². The Morgan fingerprint density at radius 3 is 2.57 bits per heavy atom. The first-order valence-corrected chi connectivity index (χ1v) is 10.2. The molecule has 0 aromatic heterocycles. The summed E-state index contributed by atoms with van der Waals surface area (Å²) < 4.78 is 39.1. The molecule has 0 saturated carbocycles. The number of nitriles is 1. The molecule has 2 heterocycles. The Hall–Kier alpha value is -3.31. The number of allylic oxidation sites excluding steroid dienone is 3. The van der Waals surface area contributed by atoms with Crippen LogP contribution in [0, 0.1) is 17.1 Å². The summed E-state index contributed by atoms with van der Waals surface area (Å²) >= 11 is 0. The van der Waals surface area contributed by atoms with Gasteiger partial charge < -0.3 is 10.8 Å². The number of aromatic hydroxyl groups is 1. The molecule has 2 aliphatic heterocycles. The molecule has 2 aromatic rings. The van der Waals surface area contributed by atoms with Crippen molar-refractivity contribution in [2.45, 2.75) is 12.3 Å². The molecule has 142 valence electrons. The number of sulfone groups is 1. The fraction of sp³-hybridized carbons (Fsp3) is 0.150. The van der Waals surface area contributed by atoms with E-state index in [0.29, 0.717) is 16.9 Å². The molecule has 2 aromatic carbocycles. The van der Waals surface area contributed by atoms with Crippen molar-refractivity contribution in [3.63, 3.8) is 0 Å². The fourth-order valence-electron chi connectivity index (χ4n) is 3.79. The molecule has 0 fully saturated rings. The first-order chi connectivity index (χ1) is 13.3. The summed E-state index contributed by atoms with van der Waals surface area (Å²) in [4.78, 5) is 1.62. The topological polar surface area (TPSA) is 107 Å². The summed E-state index contributed by atoms with van der Waals surface area (Å²) in [6.07, 6.45) is 0.226. The smallest absolute Gasteiger partial charge is 0.177 e. The summed E-state index contributed by atoms with van der Waals surface area (Å²) in [6, 6.07) is 13.7. The van der Waals surface area contributed by atoms with Crippen LogP contribution in [0.3, 0.4) is 0 Å². The van der Waals surface area contributed by atoms with E-state index < -0.39 is 21.6 Å². The van der Waals surface area contributed by atoms with E-state index >= 15 is 0 Å². The Bertz CT molecular complexity index is 1180. The van der Waals surface area contributed by atoms with Gasteiger partial charge in [0.15, 0.2) is 9.84 Å². The zero-order chi connectivity index (χ0) is 20.1. The number of phenols is 1. The maximum absolute atomic E-state index is 13.4. The van der Waals surface area contributed by atoms with Gasteiger partial charge in [-0.2, -0.15) is 5.26 Å². The zero-order valence-corrected chi connectivity index (χ0v) is 15.4. The van der Waals surface area contributed by atoms with Gasteiger partial charge in [0.1, 0.15) is 17.4 Å². The Morgan fingerprint density at radius 1 is 1.21 bits per heavy atom. The van der Waals surface area contributed by atoms with Gasteiger partial charge in [-0.05, 0) is 42.0 Å². The van der Waals surface area contributed by atoms with E-state index in [4.69, 9.17) is 5.73 Å². The van der Waals surface area contributed by atoms with Gasteiger partial charge in [0.05, 0.1) is 28.2 Å². The molecule has 2 aliphatic rings. The van der Waals surface area contributed by atoms with E-state index in [1.807, 2.05) is 6.07 Å². The third-order valence-electron chi connectivity index (χ3n) is 4.97. The highest BCUT2D eigenvalue weighted by molar-refractivity contribution is 7.95. The van der Waals surface area contributed by atoms with Crippen LogP contribution < -0.4 is 10.6 Å². The molecule has 0 saturated heterocycles. The highest BCUT2D eigenvalue weighted by atomic mass is 32.2. The van der Waals surface area contributed by atoms with Crippen LogP contribution in [-0.2, 0) is 9.84 Å². The maximum Gasteiger partial charge on any atom is 0.177 e. The predicted molar refractivity (Wildman–Crippen MR) is 102 cm³/mol. The third kappa shape index (κ3) is 2.72. The largest absolute Gasteiger partial charge is 0.508 e. The van der Waals surface area contributed by atoms with Crippen LogP contribution >= 0.6 is 0 Å². The number of hydrogen-bond donors (Lipinski definition) is 2. The molecule has 0 aliphatic carbocycles. The van der Waals surface area contributed by atoms with E-state index in [2.05, 4.69) is 0 Å². The van der Waals surface area contributed by atoms with Crippen molar-refractivity contribution in [2.24, 2.45) is 5.73 Å². The summed E-state index contributed by atoms with van der Waals surface area (Å²) in [5.74, 6) is -1.37. The number of hydrogen-bond acceptors (Lipinski definition) is 6. The minimum atomic E-state index is -3.63. The molecule has 3 N–H and O–H groups in total. The van der Waals surface area contributed by atoms with Gasteiger partial charge in [0, 0.05) is 17.8 Å². The Labute approximate surface area is 161 Å². The molecule has 6 nitrogen and oxygen atoms in total. The number of halogens is 1. The Balaban J connectivity index is 2.00. The second-order valence-corrected chi connectivity index (χ2v) is 8.71. The minimum absolute atomic E-state index is 0.0353. The summed E-state index contributed by atoms with van der Waals surface area (Å²) in [6.45, 7) is 0. The second-order valence-electron chi connectivity index (χ2n) is 6.63. The molecule has 8 heteroatoms. The zero-order valence-electron chi connectivity index (χ0n) is 14.6. The monoisotopic (exact) mass is 397 g/mol. The van der Waals surface area contributed by atoms with Crippen LogP contribution in [0.2, 0.25) is 0 Å². The average molecular weight is 397 g/mol. The number of nitrogens with zero attached hydrogens (tertiary/aromatic N) is 2. The van der Waals surface area contributed by atoms with Crippen LogP contribution in [0.1, 0.15) is 17.9 Å². The van der Waals surface area contributed by atoms with Gasteiger partial charge >= 0.3 is 0 Å². The van der Waals surface area contributed by atoms with E-state index in [1.165, 1.54) is 41.3 Å². The van der Waals surface area contributed by atoms with Crippen LogP contribution in [0.25, 0.3) is 0 Å². The summed E-state index contributed by atoms with van der Waals surface area (Å²) in [7, 11) is -3.63. The lowest BCUT2D eigenvalue weighted by Gasteiger charge is -2.35. The van der Waals surface area contributed by atoms with Crippen molar-refractivity contribution >= 4 is 15.5 Å². The third-order valence-corrected chi connectivity index (χ3v) is 6.86. The molecule has 0 bridgehead atoms. The average Bonchev–Trinajstić information content (AvgIpc) is 2.97. The van der Waals surface area contributed by atoms with Gasteiger partial charge in [-0.15, -0.1) is 0 Å². The van der Waals surface area contributed by atoms with Crippen LogP contribution in [-0.4, -0.2) is 19.3 Å². The summed E-state index contributed by atoms with van der Waals surface area (Å²) in [5.41, 5.74) is 7.80. The first-order valence-electron chi connectivity index (χ1n) is 8.53. The fourth-order valence-corrected chi connectivity index (χ4v) is 5.63. The van der Waals surface area contributed by atoms with E-state index in [0.717, 1.165) is 0 Å². The molecule has 1 atom stereocenters. The molecule has 1 unspecified atom stereocenters. The highest BCUT2D eigenvalue weighted by Crippen LogP contribution is 2.48. The van der Waals surface area contributed by atoms with Gasteiger partial charge in [-0.25, -0.2) is 12.8 Å².